The van der Waals surface area contributed by atoms with Gasteiger partial charge in [0, 0.05) is 16.3 Å². The van der Waals surface area contributed by atoms with Crippen molar-refractivity contribution in [1.29, 1.82) is 0 Å². The van der Waals surface area contributed by atoms with Gasteiger partial charge in [0.25, 0.3) is 5.91 Å². The normalized spacial score (nSPS) is 10.5. The third-order valence-corrected chi connectivity index (χ3v) is 3.75. The molecular formula is C18H15ClN2O2. The van der Waals surface area contributed by atoms with E-state index in [0.717, 1.165) is 17.0 Å². The number of rotatable bonds is 4. The summed E-state index contributed by atoms with van der Waals surface area (Å²) in [5.74, 6) is 0.897. The molecule has 0 saturated heterocycles. The van der Waals surface area contributed by atoms with Crippen molar-refractivity contribution >= 4 is 17.5 Å². The van der Waals surface area contributed by atoms with Crippen LogP contribution in [0, 0.1) is 6.92 Å². The molecule has 23 heavy (non-hydrogen) atoms. The second-order valence-electron chi connectivity index (χ2n) is 5.14. The molecule has 3 rings (SSSR count). The van der Waals surface area contributed by atoms with Crippen LogP contribution in [0.5, 0.6) is 11.5 Å². The number of amides is 1. The van der Waals surface area contributed by atoms with Crippen molar-refractivity contribution in [2.45, 2.75) is 6.92 Å². The first-order valence-electron chi connectivity index (χ1n) is 7.07. The number of hydrogen-bond acceptors (Lipinski definition) is 2. The zero-order chi connectivity index (χ0) is 16.4. The Morgan fingerprint density at radius 1 is 1.13 bits per heavy atom. The van der Waals surface area contributed by atoms with Crippen molar-refractivity contribution in [2.24, 2.45) is 5.73 Å². The maximum atomic E-state index is 11.4. The lowest BCUT2D eigenvalue weighted by molar-refractivity contribution is 0.1000. The van der Waals surface area contributed by atoms with E-state index in [4.69, 9.17) is 22.1 Å². The van der Waals surface area contributed by atoms with Gasteiger partial charge in [0.15, 0.2) is 0 Å². The molecule has 5 heteroatoms. The predicted molar refractivity (Wildman–Crippen MR) is 91.0 cm³/mol. The summed E-state index contributed by atoms with van der Waals surface area (Å²) >= 11 is 5.89. The van der Waals surface area contributed by atoms with Gasteiger partial charge in [-0.3, -0.25) is 4.79 Å². The molecule has 3 aromatic rings. The fraction of sp³-hybridized carbons (Fsp3) is 0.0556. The molecule has 0 radical (unpaired) electrons. The van der Waals surface area contributed by atoms with Gasteiger partial charge >= 0.3 is 0 Å². The minimum atomic E-state index is -0.457. The number of para-hydroxylation sites is 1. The number of halogens is 1. The van der Waals surface area contributed by atoms with E-state index in [2.05, 4.69) is 4.98 Å². The Morgan fingerprint density at radius 3 is 2.48 bits per heavy atom. The van der Waals surface area contributed by atoms with Crippen LogP contribution in [0.4, 0.5) is 0 Å². The van der Waals surface area contributed by atoms with E-state index in [-0.39, 0.29) is 0 Å². The second-order valence-corrected chi connectivity index (χ2v) is 5.57. The van der Waals surface area contributed by atoms with Crippen molar-refractivity contribution in [3.8, 4) is 22.8 Å². The van der Waals surface area contributed by atoms with E-state index >= 15 is 0 Å². The van der Waals surface area contributed by atoms with Gasteiger partial charge in [0.2, 0.25) is 0 Å². The fourth-order valence-electron chi connectivity index (χ4n) is 2.37. The first-order chi connectivity index (χ1) is 11.0. The van der Waals surface area contributed by atoms with Crippen molar-refractivity contribution in [3.63, 3.8) is 0 Å². The number of carbonyl (C=O) groups is 1. The Balaban J connectivity index is 1.99. The molecule has 0 aliphatic heterocycles. The van der Waals surface area contributed by atoms with Gasteiger partial charge in [-0.15, -0.1) is 0 Å². The molecule has 1 aromatic heterocycles. The quantitative estimate of drug-likeness (QED) is 0.739. The van der Waals surface area contributed by atoms with E-state index in [1.165, 1.54) is 0 Å². The van der Waals surface area contributed by atoms with Crippen molar-refractivity contribution in [3.05, 3.63) is 70.9 Å². The summed E-state index contributed by atoms with van der Waals surface area (Å²) < 4.78 is 5.93. The molecule has 4 nitrogen and oxygen atoms in total. The number of H-pyrrole nitrogens is 1. The molecular weight excluding hydrogens is 312 g/mol. The van der Waals surface area contributed by atoms with Crippen molar-refractivity contribution in [2.75, 3.05) is 0 Å². The highest BCUT2D eigenvalue weighted by Gasteiger charge is 2.14. The summed E-state index contributed by atoms with van der Waals surface area (Å²) in [6, 6.07) is 16.4. The van der Waals surface area contributed by atoms with Crippen LogP contribution in [0.2, 0.25) is 5.02 Å². The molecule has 116 valence electrons. The standard InChI is InChI=1S/C18H15ClN2O2/c1-11-15(18(20)22)10-16(21-11)14-4-2-3-5-17(14)23-13-8-6-12(19)7-9-13/h2-10,21H,1H3,(H2,20,22). The molecule has 0 aliphatic rings. The number of primary amides is 1. The van der Waals surface area contributed by atoms with Gasteiger partial charge in [-0.1, -0.05) is 23.7 Å². The Kier molecular flexibility index (Phi) is 4.08. The molecule has 1 heterocycles. The third kappa shape index (κ3) is 3.22. The SMILES string of the molecule is Cc1[nH]c(-c2ccccc2Oc2ccc(Cl)cc2)cc1C(N)=O. The molecule has 0 atom stereocenters. The van der Waals surface area contributed by atoms with Gasteiger partial charge in [-0.25, -0.2) is 0 Å². The number of benzene rings is 2. The predicted octanol–water partition coefficient (Wildman–Crippen LogP) is 4.53. The molecule has 0 saturated carbocycles. The molecule has 0 unspecified atom stereocenters. The Labute approximate surface area is 138 Å². The van der Waals surface area contributed by atoms with Gasteiger partial charge in [0.05, 0.1) is 11.3 Å². The number of carbonyl (C=O) groups excluding carboxylic acids is 1. The zero-order valence-electron chi connectivity index (χ0n) is 12.5. The average molecular weight is 327 g/mol. The number of aryl methyl sites for hydroxylation is 1. The van der Waals surface area contributed by atoms with Crippen molar-refractivity contribution < 1.29 is 9.53 Å². The summed E-state index contributed by atoms with van der Waals surface area (Å²) in [7, 11) is 0. The summed E-state index contributed by atoms with van der Waals surface area (Å²) in [4.78, 5) is 14.6. The average Bonchev–Trinajstić information content (AvgIpc) is 2.92. The van der Waals surface area contributed by atoms with Crippen LogP contribution in [0.25, 0.3) is 11.3 Å². The van der Waals surface area contributed by atoms with Crippen LogP contribution in [0.1, 0.15) is 16.1 Å². The lowest BCUT2D eigenvalue weighted by Crippen LogP contribution is -2.10. The summed E-state index contributed by atoms with van der Waals surface area (Å²) in [5.41, 5.74) is 8.21. The lowest BCUT2D eigenvalue weighted by atomic mass is 10.1. The molecule has 0 fully saturated rings. The first-order valence-corrected chi connectivity index (χ1v) is 7.44. The van der Waals surface area contributed by atoms with E-state index < -0.39 is 5.91 Å². The molecule has 2 aromatic carbocycles. The number of ether oxygens (including phenoxy) is 1. The van der Waals surface area contributed by atoms with E-state index in [9.17, 15) is 4.79 Å². The summed E-state index contributed by atoms with van der Waals surface area (Å²) in [6.07, 6.45) is 0. The largest absolute Gasteiger partial charge is 0.457 e. The maximum absolute atomic E-state index is 11.4. The monoisotopic (exact) mass is 326 g/mol. The minimum Gasteiger partial charge on any atom is -0.457 e. The number of aromatic amines is 1. The highest BCUT2D eigenvalue weighted by Crippen LogP contribution is 2.33. The van der Waals surface area contributed by atoms with Crippen LogP contribution in [-0.2, 0) is 0 Å². The van der Waals surface area contributed by atoms with E-state index in [0.29, 0.717) is 22.1 Å². The maximum Gasteiger partial charge on any atom is 0.250 e. The van der Waals surface area contributed by atoms with Crippen LogP contribution < -0.4 is 10.5 Å². The number of aromatic nitrogens is 1. The van der Waals surface area contributed by atoms with Crippen LogP contribution in [0.15, 0.2) is 54.6 Å². The Hall–Kier alpha value is -2.72. The van der Waals surface area contributed by atoms with Gasteiger partial charge in [0.1, 0.15) is 11.5 Å². The topological polar surface area (TPSA) is 68.1 Å². The second kappa shape index (κ2) is 6.18. The first kappa shape index (κ1) is 15.2. The third-order valence-electron chi connectivity index (χ3n) is 3.50. The fourth-order valence-corrected chi connectivity index (χ4v) is 2.49. The highest BCUT2D eigenvalue weighted by atomic mass is 35.5. The number of hydrogen-bond donors (Lipinski definition) is 2. The van der Waals surface area contributed by atoms with Crippen LogP contribution >= 0.6 is 11.6 Å². The molecule has 3 N–H and O–H groups in total. The lowest BCUT2D eigenvalue weighted by Gasteiger charge is -2.10. The molecule has 0 bridgehead atoms. The van der Waals surface area contributed by atoms with E-state index in [1.807, 2.05) is 31.2 Å². The number of nitrogens with one attached hydrogen (secondary N) is 1. The summed E-state index contributed by atoms with van der Waals surface area (Å²) in [6.45, 7) is 1.81. The van der Waals surface area contributed by atoms with Gasteiger partial charge in [-0.05, 0) is 49.4 Å². The zero-order valence-corrected chi connectivity index (χ0v) is 13.2. The summed E-state index contributed by atoms with van der Waals surface area (Å²) in [5, 5.41) is 0.650. The molecule has 1 amide bonds. The van der Waals surface area contributed by atoms with Crippen LogP contribution in [0.3, 0.4) is 0 Å². The number of nitrogens with two attached hydrogens (primary N) is 1. The van der Waals surface area contributed by atoms with Gasteiger partial charge in [-0.2, -0.15) is 0 Å². The van der Waals surface area contributed by atoms with Gasteiger partial charge < -0.3 is 15.5 Å². The Morgan fingerprint density at radius 2 is 1.83 bits per heavy atom. The molecule has 0 spiro atoms. The smallest absolute Gasteiger partial charge is 0.250 e. The highest BCUT2D eigenvalue weighted by molar-refractivity contribution is 6.30. The minimum absolute atomic E-state index is 0.457. The van der Waals surface area contributed by atoms with E-state index in [1.54, 1.807) is 30.3 Å². The Bertz CT molecular complexity index is 854. The van der Waals surface area contributed by atoms with Crippen LogP contribution in [-0.4, -0.2) is 10.9 Å². The van der Waals surface area contributed by atoms with Crippen molar-refractivity contribution in [1.82, 2.24) is 4.98 Å². The molecule has 0 aliphatic carbocycles.